The minimum atomic E-state index is -0.160. The van der Waals surface area contributed by atoms with Crippen molar-refractivity contribution in [3.05, 3.63) is 39.0 Å². The molecule has 0 aliphatic heterocycles. The van der Waals surface area contributed by atoms with Crippen LogP contribution in [0.15, 0.2) is 27.7 Å². The van der Waals surface area contributed by atoms with E-state index in [2.05, 4.69) is 44.8 Å². The van der Waals surface area contributed by atoms with Crippen molar-refractivity contribution in [1.82, 2.24) is 19.7 Å². The molecule has 6 heteroatoms. The van der Waals surface area contributed by atoms with E-state index in [-0.39, 0.29) is 5.56 Å². The summed E-state index contributed by atoms with van der Waals surface area (Å²) in [5.74, 6) is 0.822. The third-order valence-electron chi connectivity index (χ3n) is 2.27. The van der Waals surface area contributed by atoms with Gasteiger partial charge in [0.05, 0.1) is 5.69 Å². The standard InChI is InChI=1S/C11H13BrN4O/c1-7(2)6-8-9(12)10(17)16(15-8)11-13-4-3-5-14-11/h3-5,7,15H,6H2,1-2H3. The fraction of sp³-hybridized carbons (Fsp3) is 0.364. The van der Waals surface area contributed by atoms with E-state index in [9.17, 15) is 4.79 Å². The molecule has 90 valence electrons. The first-order chi connectivity index (χ1) is 8.09. The highest BCUT2D eigenvalue weighted by Gasteiger charge is 2.14. The molecule has 1 N–H and O–H groups in total. The predicted molar refractivity (Wildman–Crippen MR) is 68.2 cm³/mol. The normalized spacial score (nSPS) is 11.1. The Morgan fingerprint density at radius 1 is 1.41 bits per heavy atom. The second-order valence-corrected chi connectivity index (χ2v) is 4.98. The lowest BCUT2D eigenvalue weighted by Crippen LogP contribution is -2.17. The van der Waals surface area contributed by atoms with Crippen molar-refractivity contribution in [1.29, 1.82) is 0 Å². The molecule has 0 aliphatic rings. The van der Waals surface area contributed by atoms with Gasteiger partial charge in [-0.05, 0) is 34.3 Å². The molecule has 2 aromatic rings. The molecule has 0 aromatic carbocycles. The van der Waals surface area contributed by atoms with Gasteiger partial charge >= 0.3 is 0 Å². The molecule has 0 fully saturated rings. The van der Waals surface area contributed by atoms with Gasteiger partial charge in [-0.3, -0.25) is 9.89 Å². The van der Waals surface area contributed by atoms with Gasteiger partial charge in [0, 0.05) is 12.4 Å². The van der Waals surface area contributed by atoms with Crippen LogP contribution >= 0.6 is 15.9 Å². The van der Waals surface area contributed by atoms with Gasteiger partial charge in [-0.1, -0.05) is 13.8 Å². The number of hydrogen-bond donors (Lipinski definition) is 1. The highest BCUT2D eigenvalue weighted by Crippen LogP contribution is 2.14. The topological polar surface area (TPSA) is 63.6 Å². The second kappa shape index (κ2) is 4.83. The van der Waals surface area contributed by atoms with Crippen LogP contribution in [0.3, 0.4) is 0 Å². The van der Waals surface area contributed by atoms with Crippen molar-refractivity contribution in [3.63, 3.8) is 0 Å². The summed E-state index contributed by atoms with van der Waals surface area (Å²) in [4.78, 5) is 20.1. The first-order valence-electron chi connectivity index (χ1n) is 5.36. The van der Waals surface area contributed by atoms with Crippen molar-refractivity contribution in [2.24, 2.45) is 5.92 Å². The van der Waals surface area contributed by atoms with E-state index in [0.29, 0.717) is 16.3 Å². The zero-order valence-corrected chi connectivity index (χ0v) is 11.2. The van der Waals surface area contributed by atoms with E-state index in [0.717, 1.165) is 12.1 Å². The van der Waals surface area contributed by atoms with E-state index >= 15 is 0 Å². The minimum absolute atomic E-state index is 0.160. The van der Waals surface area contributed by atoms with Crippen molar-refractivity contribution >= 4 is 15.9 Å². The number of hydrogen-bond acceptors (Lipinski definition) is 3. The van der Waals surface area contributed by atoms with Crippen LogP contribution in [0.4, 0.5) is 0 Å². The van der Waals surface area contributed by atoms with Crippen LogP contribution in [0, 0.1) is 5.92 Å². The lowest BCUT2D eigenvalue weighted by atomic mass is 10.1. The average molecular weight is 297 g/mol. The maximum Gasteiger partial charge on any atom is 0.288 e. The van der Waals surface area contributed by atoms with Crippen LogP contribution < -0.4 is 5.56 Å². The lowest BCUT2D eigenvalue weighted by Gasteiger charge is -2.02. The van der Waals surface area contributed by atoms with Gasteiger partial charge in [0.2, 0.25) is 0 Å². The van der Waals surface area contributed by atoms with Gasteiger partial charge in [-0.15, -0.1) is 0 Å². The molecule has 0 radical (unpaired) electrons. The number of halogens is 1. The van der Waals surface area contributed by atoms with Gasteiger partial charge in [-0.2, -0.15) is 4.68 Å². The highest BCUT2D eigenvalue weighted by atomic mass is 79.9. The molecule has 0 unspecified atom stereocenters. The van der Waals surface area contributed by atoms with Gasteiger partial charge in [0.25, 0.3) is 11.5 Å². The summed E-state index contributed by atoms with van der Waals surface area (Å²) in [6.07, 6.45) is 4.01. The molecule has 5 nitrogen and oxygen atoms in total. The Bertz CT molecular complexity index is 559. The van der Waals surface area contributed by atoms with Crippen molar-refractivity contribution in [2.75, 3.05) is 0 Å². The molecule has 0 aliphatic carbocycles. The van der Waals surface area contributed by atoms with Gasteiger partial charge in [-0.25, -0.2) is 9.97 Å². The van der Waals surface area contributed by atoms with Crippen LogP contribution in [0.5, 0.6) is 0 Å². The zero-order valence-electron chi connectivity index (χ0n) is 9.64. The Morgan fingerprint density at radius 3 is 2.65 bits per heavy atom. The zero-order chi connectivity index (χ0) is 12.4. The van der Waals surface area contributed by atoms with Gasteiger partial charge in [0.15, 0.2) is 0 Å². The number of aromatic amines is 1. The second-order valence-electron chi connectivity index (χ2n) is 4.19. The fourth-order valence-electron chi connectivity index (χ4n) is 1.55. The minimum Gasteiger partial charge on any atom is -0.291 e. The van der Waals surface area contributed by atoms with Crippen molar-refractivity contribution in [2.45, 2.75) is 20.3 Å². The van der Waals surface area contributed by atoms with Crippen LogP contribution in [0.2, 0.25) is 0 Å². The molecule has 0 saturated heterocycles. The summed E-state index contributed by atoms with van der Waals surface area (Å²) in [5.41, 5.74) is 0.712. The van der Waals surface area contributed by atoms with E-state index in [1.807, 2.05) is 0 Å². The Morgan fingerprint density at radius 2 is 2.06 bits per heavy atom. The summed E-state index contributed by atoms with van der Waals surface area (Å²) >= 11 is 3.31. The van der Waals surface area contributed by atoms with E-state index < -0.39 is 0 Å². The Kier molecular flexibility index (Phi) is 3.42. The maximum absolute atomic E-state index is 12.0. The quantitative estimate of drug-likeness (QED) is 0.941. The van der Waals surface area contributed by atoms with E-state index in [4.69, 9.17) is 0 Å². The lowest BCUT2D eigenvalue weighted by molar-refractivity contribution is 0.624. The maximum atomic E-state index is 12.0. The summed E-state index contributed by atoms with van der Waals surface area (Å²) in [6.45, 7) is 4.20. The molecular formula is C11H13BrN4O. The van der Waals surface area contributed by atoms with Crippen LogP contribution in [-0.2, 0) is 6.42 Å². The summed E-state index contributed by atoms with van der Waals surface area (Å²) in [5, 5.41) is 3.03. The molecule has 0 amide bonds. The summed E-state index contributed by atoms with van der Waals surface area (Å²) in [6, 6.07) is 1.71. The molecule has 0 saturated carbocycles. The predicted octanol–water partition coefficient (Wildman–Crippen LogP) is 1.92. The van der Waals surface area contributed by atoms with Gasteiger partial charge < -0.3 is 0 Å². The SMILES string of the molecule is CC(C)Cc1[nH]n(-c2ncccn2)c(=O)c1Br. The summed E-state index contributed by atoms with van der Waals surface area (Å²) in [7, 11) is 0. The van der Waals surface area contributed by atoms with Crippen LogP contribution in [-0.4, -0.2) is 19.7 Å². The highest BCUT2D eigenvalue weighted by molar-refractivity contribution is 9.10. The Labute approximate surface area is 107 Å². The van der Waals surface area contributed by atoms with E-state index in [1.54, 1.807) is 18.5 Å². The molecule has 0 bridgehead atoms. The average Bonchev–Trinajstić information content (AvgIpc) is 2.58. The molecule has 2 heterocycles. The third-order valence-corrected chi connectivity index (χ3v) is 3.08. The number of nitrogens with one attached hydrogen (secondary N) is 1. The van der Waals surface area contributed by atoms with Crippen molar-refractivity contribution < 1.29 is 0 Å². The van der Waals surface area contributed by atoms with Crippen LogP contribution in [0.25, 0.3) is 5.95 Å². The molecule has 17 heavy (non-hydrogen) atoms. The Hall–Kier alpha value is -1.43. The molecule has 2 rings (SSSR count). The molecular weight excluding hydrogens is 284 g/mol. The largest absolute Gasteiger partial charge is 0.291 e. The van der Waals surface area contributed by atoms with E-state index in [1.165, 1.54) is 4.68 Å². The summed E-state index contributed by atoms with van der Waals surface area (Å²) < 4.78 is 1.90. The molecule has 0 spiro atoms. The smallest absolute Gasteiger partial charge is 0.288 e. The monoisotopic (exact) mass is 296 g/mol. The molecule has 0 atom stereocenters. The first kappa shape index (κ1) is 12.0. The number of nitrogens with zero attached hydrogens (tertiary/aromatic N) is 3. The van der Waals surface area contributed by atoms with Gasteiger partial charge in [0.1, 0.15) is 4.47 Å². The Balaban J connectivity index is 2.47. The van der Waals surface area contributed by atoms with Crippen molar-refractivity contribution in [3.8, 4) is 5.95 Å². The number of rotatable bonds is 3. The first-order valence-corrected chi connectivity index (χ1v) is 6.15. The number of H-pyrrole nitrogens is 1. The van der Waals surface area contributed by atoms with Crippen LogP contribution in [0.1, 0.15) is 19.5 Å². The fourth-order valence-corrected chi connectivity index (χ4v) is 1.98. The third kappa shape index (κ3) is 2.46. The molecule has 2 aromatic heterocycles. The number of aromatic nitrogens is 4.